The molecule has 2 aromatic carbocycles. The lowest BCUT2D eigenvalue weighted by atomic mass is 10.1. The maximum absolute atomic E-state index is 12.7. The van der Waals surface area contributed by atoms with Gasteiger partial charge in [0, 0.05) is 36.1 Å². The van der Waals surface area contributed by atoms with Crippen LogP contribution in [-0.4, -0.2) is 30.3 Å². The summed E-state index contributed by atoms with van der Waals surface area (Å²) in [6.45, 7) is 4.34. The molecule has 1 amide bonds. The third kappa shape index (κ3) is 3.85. The van der Waals surface area contributed by atoms with Crippen molar-refractivity contribution in [1.29, 1.82) is 0 Å². The van der Waals surface area contributed by atoms with E-state index in [1.165, 1.54) is 15.9 Å². The quantitative estimate of drug-likeness (QED) is 0.418. The van der Waals surface area contributed by atoms with E-state index < -0.39 is 0 Å². The Morgan fingerprint density at radius 3 is 2.55 bits per heavy atom. The molecule has 0 bridgehead atoms. The van der Waals surface area contributed by atoms with Crippen molar-refractivity contribution in [3.05, 3.63) is 81.4 Å². The number of aryl methyl sites for hydroxylation is 2. The van der Waals surface area contributed by atoms with E-state index in [-0.39, 0.29) is 11.5 Å². The molecule has 0 fully saturated rings. The Balaban J connectivity index is 1.31. The van der Waals surface area contributed by atoms with E-state index in [4.69, 9.17) is 0 Å². The lowest BCUT2D eigenvalue weighted by Gasteiger charge is -2.07. The fourth-order valence-corrected chi connectivity index (χ4v) is 4.50. The van der Waals surface area contributed by atoms with E-state index in [1.54, 1.807) is 36.4 Å². The molecule has 0 aliphatic heterocycles. The Morgan fingerprint density at radius 2 is 1.82 bits per heavy atom. The summed E-state index contributed by atoms with van der Waals surface area (Å²) < 4.78 is 3.12. The van der Waals surface area contributed by atoms with Crippen LogP contribution < -0.4 is 16.2 Å². The maximum Gasteiger partial charge on any atom is 0.283 e. The van der Waals surface area contributed by atoms with Crippen molar-refractivity contribution >= 4 is 43.9 Å². The molecule has 3 heterocycles. The van der Waals surface area contributed by atoms with Gasteiger partial charge in [0.2, 0.25) is 10.1 Å². The normalized spacial score (nSPS) is 11.2. The van der Waals surface area contributed by atoms with Crippen LogP contribution >= 0.6 is 11.3 Å². The molecule has 2 N–H and O–H groups in total. The number of amides is 1. The first kappa shape index (κ1) is 20.8. The summed E-state index contributed by atoms with van der Waals surface area (Å²) in [5.74, 6) is -0.161. The minimum Gasteiger partial charge on any atom is -0.348 e. The van der Waals surface area contributed by atoms with Gasteiger partial charge in [0.1, 0.15) is 0 Å². The third-order valence-electron chi connectivity index (χ3n) is 5.59. The summed E-state index contributed by atoms with van der Waals surface area (Å²) in [5, 5.41) is 15.9. The van der Waals surface area contributed by atoms with Gasteiger partial charge in [0.15, 0.2) is 0 Å². The zero-order chi connectivity index (χ0) is 23.1. The van der Waals surface area contributed by atoms with Crippen molar-refractivity contribution in [3.8, 4) is 0 Å². The van der Waals surface area contributed by atoms with Gasteiger partial charge in [-0.1, -0.05) is 23.5 Å². The number of fused-ring (bicyclic) bond motifs is 2. The molecule has 10 heteroatoms. The molecule has 0 unspecified atom stereocenters. The minimum atomic E-state index is -0.203. The number of nitrogens with zero attached hydrogens (tertiary/aromatic N) is 5. The van der Waals surface area contributed by atoms with Crippen LogP contribution in [-0.2, 0) is 13.6 Å². The first-order valence-electron chi connectivity index (χ1n) is 10.3. The predicted octanol–water partition coefficient (Wildman–Crippen LogP) is 3.33. The zero-order valence-electron chi connectivity index (χ0n) is 18.3. The highest BCUT2D eigenvalue weighted by Gasteiger charge is 2.13. The molecular formula is C23H21N7O2S. The minimum absolute atomic E-state index is 0.161. The molecule has 0 spiro atoms. The number of hydrogen-bond donors (Lipinski definition) is 2. The fraction of sp³-hybridized carbons (Fsp3) is 0.174. The SMILES string of the molecule is Cc1nn(C)c(C)c1CNC(=O)c1ccc(Nc2nn3c(=O)c4ccccc4nc3s2)cc1. The fourth-order valence-electron chi connectivity index (χ4n) is 3.68. The van der Waals surface area contributed by atoms with Gasteiger partial charge in [-0.05, 0) is 50.2 Å². The Hall–Kier alpha value is -4.05. The van der Waals surface area contributed by atoms with Gasteiger partial charge in [0.25, 0.3) is 11.5 Å². The monoisotopic (exact) mass is 459 g/mol. The molecule has 0 radical (unpaired) electrons. The van der Waals surface area contributed by atoms with Crippen LogP contribution in [0, 0.1) is 13.8 Å². The molecule has 0 aliphatic carbocycles. The zero-order valence-corrected chi connectivity index (χ0v) is 19.1. The second-order valence-corrected chi connectivity index (χ2v) is 8.65. The van der Waals surface area contributed by atoms with Crippen molar-refractivity contribution in [2.75, 3.05) is 5.32 Å². The van der Waals surface area contributed by atoms with Crippen molar-refractivity contribution in [3.63, 3.8) is 0 Å². The van der Waals surface area contributed by atoms with Crippen molar-refractivity contribution in [2.45, 2.75) is 20.4 Å². The Kier molecular flexibility index (Phi) is 5.14. The number of hydrogen-bond acceptors (Lipinski definition) is 7. The highest BCUT2D eigenvalue weighted by Crippen LogP contribution is 2.23. The number of para-hydroxylation sites is 1. The van der Waals surface area contributed by atoms with E-state index in [2.05, 4.69) is 25.8 Å². The van der Waals surface area contributed by atoms with Crippen LogP contribution in [0.1, 0.15) is 27.3 Å². The van der Waals surface area contributed by atoms with E-state index in [0.29, 0.717) is 33.1 Å². The number of rotatable bonds is 5. The predicted molar refractivity (Wildman–Crippen MR) is 128 cm³/mol. The lowest BCUT2D eigenvalue weighted by Crippen LogP contribution is -2.23. The second-order valence-electron chi connectivity index (χ2n) is 7.69. The van der Waals surface area contributed by atoms with E-state index in [1.807, 2.05) is 37.7 Å². The Bertz CT molecular complexity index is 1560. The number of benzene rings is 2. The summed E-state index contributed by atoms with van der Waals surface area (Å²) in [6, 6.07) is 14.3. The van der Waals surface area contributed by atoms with Gasteiger partial charge in [-0.15, -0.1) is 5.10 Å². The summed E-state index contributed by atoms with van der Waals surface area (Å²) >= 11 is 1.28. The van der Waals surface area contributed by atoms with Crippen LogP contribution in [0.15, 0.2) is 53.3 Å². The van der Waals surface area contributed by atoms with Gasteiger partial charge < -0.3 is 10.6 Å². The average Bonchev–Trinajstić information content (AvgIpc) is 3.32. The van der Waals surface area contributed by atoms with Gasteiger partial charge in [-0.2, -0.15) is 9.61 Å². The topological polar surface area (TPSA) is 106 Å². The Labute approximate surface area is 192 Å². The molecule has 3 aromatic heterocycles. The number of carbonyl (C=O) groups excluding carboxylic acids is 1. The van der Waals surface area contributed by atoms with Crippen molar-refractivity contribution < 1.29 is 4.79 Å². The second kappa shape index (κ2) is 8.14. The number of aromatic nitrogens is 5. The third-order valence-corrected chi connectivity index (χ3v) is 6.41. The Morgan fingerprint density at radius 1 is 1.06 bits per heavy atom. The molecule has 33 heavy (non-hydrogen) atoms. The van der Waals surface area contributed by atoms with Gasteiger partial charge in [0.05, 0.1) is 16.6 Å². The summed E-state index contributed by atoms with van der Waals surface area (Å²) in [4.78, 5) is 30.3. The van der Waals surface area contributed by atoms with E-state index in [9.17, 15) is 9.59 Å². The number of carbonyl (C=O) groups is 1. The van der Waals surface area contributed by atoms with Gasteiger partial charge in [-0.25, -0.2) is 4.98 Å². The average molecular weight is 460 g/mol. The lowest BCUT2D eigenvalue weighted by molar-refractivity contribution is 0.0951. The number of anilines is 2. The standard InChI is InChI=1S/C23H21N7O2S/c1-13-18(14(2)29(3)27-13)12-24-20(31)15-8-10-16(11-9-15)25-22-28-30-21(32)17-6-4-5-7-19(17)26-23(30)33-22/h4-11H,12H2,1-3H3,(H,24,31)(H,25,28). The molecule has 9 nitrogen and oxygen atoms in total. The highest BCUT2D eigenvalue weighted by molar-refractivity contribution is 7.20. The van der Waals surface area contributed by atoms with Gasteiger partial charge in [-0.3, -0.25) is 14.3 Å². The van der Waals surface area contributed by atoms with Crippen LogP contribution in [0.2, 0.25) is 0 Å². The molecule has 166 valence electrons. The molecule has 5 rings (SSSR count). The molecular weight excluding hydrogens is 438 g/mol. The molecule has 0 aliphatic rings. The van der Waals surface area contributed by atoms with Crippen molar-refractivity contribution in [2.24, 2.45) is 7.05 Å². The van der Waals surface area contributed by atoms with Crippen LogP contribution in [0.3, 0.4) is 0 Å². The van der Waals surface area contributed by atoms with E-state index in [0.717, 1.165) is 22.6 Å². The van der Waals surface area contributed by atoms with Crippen molar-refractivity contribution in [1.82, 2.24) is 29.7 Å². The summed E-state index contributed by atoms with van der Waals surface area (Å²) in [6.07, 6.45) is 0. The first-order valence-corrected chi connectivity index (χ1v) is 11.2. The van der Waals surface area contributed by atoms with Crippen LogP contribution in [0.25, 0.3) is 15.9 Å². The first-order chi connectivity index (χ1) is 15.9. The molecule has 0 saturated heterocycles. The van der Waals surface area contributed by atoms with E-state index >= 15 is 0 Å². The smallest absolute Gasteiger partial charge is 0.283 e. The molecule has 5 aromatic rings. The summed E-state index contributed by atoms with van der Waals surface area (Å²) in [7, 11) is 1.89. The van der Waals surface area contributed by atoms with Gasteiger partial charge >= 0.3 is 0 Å². The number of nitrogens with one attached hydrogen (secondary N) is 2. The van der Waals surface area contributed by atoms with Crippen LogP contribution in [0.4, 0.5) is 10.8 Å². The maximum atomic E-state index is 12.7. The van der Waals surface area contributed by atoms with Crippen LogP contribution in [0.5, 0.6) is 0 Å². The largest absolute Gasteiger partial charge is 0.348 e. The molecule has 0 saturated carbocycles. The highest BCUT2D eigenvalue weighted by atomic mass is 32.1. The summed E-state index contributed by atoms with van der Waals surface area (Å²) in [5.41, 5.74) is 4.71. The molecule has 0 atom stereocenters.